The summed E-state index contributed by atoms with van der Waals surface area (Å²) in [6.45, 7) is 0. The van der Waals surface area contributed by atoms with Crippen LogP contribution in [0.3, 0.4) is 0 Å². The summed E-state index contributed by atoms with van der Waals surface area (Å²) < 4.78 is 0. The van der Waals surface area contributed by atoms with Gasteiger partial charge in [-0.3, -0.25) is 0 Å². The smallest absolute Gasteiger partial charge is 0.125 e. The van der Waals surface area contributed by atoms with Crippen LogP contribution in [0.5, 0.6) is 0 Å². The number of hydrogen-bond donors (Lipinski definition) is 0. The molecule has 2 atom stereocenters. The molecule has 5 nitrogen and oxygen atoms in total. The van der Waals surface area contributed by atoms with Gasteiger partial charge in [-0.1, -0.05) is 22.5 Å². The third-order valence-corrected chi connectivity index (χ3v) is 0.998. The third kappa shape index (κ3) is 8.44. The zero-order valence-electron chi connectivity index (χ0n) is 3.95. The van der Waals surface area contributed by atoms with Gasteiger partial charge in [0.25, 0.3) is 0 Å². The van der Waals surface area contributed by atoms with Crippen LogP contribution in [0.15, 0.2) is 20.3 Å². The molecule has 0 aliphatic heterocycles. The molecule has 0 amide bonds. The van der Waals surface area contributed by atoms with E-state index in [-0.39, 0.29) is 16.2 Å². The molecule has 0 radical (unpaired) electrons. The quantitative estimate of drug-likeness (QED) is 0.396. The van der Waals surface area contributed by atoms with Crippen molar-refractivity contribution in [1.82, 2.24) is 0 Å². The lowest BCUT2D eigenvalue weighted by atomic mass is 12.9. The van der Waals surface area contributed by atoms with Gasteiger partial charge in [-0.2, -0.15) is 0 Å². The average Bonchev–Trinajstić information content (AvgIpc) is 1.89. The van der Waals surface area contributed by atoms with E-state index in [0.29, 0.717) is 0 Å². The van der Waals surface area contributed by atoms with Crippen molar-refractivity contribution in [2.24, 2.45) is 20.3 Å². The van der Waals surface area contributed by atoms with Gasteiger partial charge in [-0.05, 0) is 0 Å². The van der Waals surface area contributed by atoms with Crippen LogP contribution in [0.25, 0.3) is 0 Å². The van der Waals surface area contributed by atoms with E-state index in [2.05, 4.69) is 25.3 Å². The van der Waals surface area contributed by atoms with Crippen molar-refractivity contribution in [2.45, 2.75) is 0 Å². The molecule has 0 spiro atoms. The van der Waals surface area contributed by atoms with Gasteiger partial charge in [0.2, 0.25) is 0 Å². The van der Waals surface area contributed by atoms with Gasteiger partial charge in [0.1, 0.15) is 16.2 Å². The predicted molar refractivity (Wildman–Crippen MR) is 39.1 cm³/mol. The van der Waals surface area contributed by atoms with Gasteiger partial charge in [0.05, 0.1) is 10.6 Å². The van der Waals surface area contributed by atoms with Crippen LogP contribution in [-0.4, -0.2) is 0 Å². The minimum absolute atomic E-state index is 0.157. The van der Waals surface area contributed by atoms with Crippen molar-refractivity contribution >= 4 is 38.6 Å². The van der Waals surface area contributed by atoms with Crippen molar-refractivity contribution in [3.05, 3.63) is 0 Å². The summed E-state index contributed by atoms with van der Waals surface area (Å²) in [4.78, 5) is 10.6. The molecular weight excluding hydrogens is 205 g/mol. The lowest BCUT2D eigenvalue weighted by molar-refractivity contribution is 0.122. The van der Waals surface area contributed by atoms with Crippen molar-refractivity contribution in [1.29, 1.82) is 0 Å². The maximum Gasteiger partial charge on any atom is 0.125 e. The summed E-state index contributed by atoms with van der Waals surface area (Å²) in [6.07, 6.45) is 0. The maximum atomic E-state index is 5.11. The largest absolute Gasteiger partial charge is 0.204 e. The normalized spacial score (nSPS) is 14.0. The Morgan fingerprint density at radius 2 is 1.44 bits per heavy atom. The van der Waals surface area contributed by atoms with E-state index < -0.39 is 0 Å². The van der Waals surface area contributed by atoms with Crippen LogP contribution in [0.1, 0.15) is 0 Å². The summed E-state index contributed by atoms with van der Waals surface area (Å²) in [5.41, 5.74) is 0. The molecule has 9 heteroatoms. The Morgan fingerprint density at radius 1 is 1.00 bits per heavy atom. The molecule has 0 aromatic rings. The van der Waals surface area contributed by atoms with E-state index >= 15 is 0 Å². The fourth-order valence-electron chi connectivity index (χ4n) is 0.0837. The summed E-state index contributed by atoms with van der Waals surface area (Å²) in [7, 11) is -0.314. The summed E-state index contributed by atoms with van der Waals surface area (Å²) in [5.74, 6) is 0. The second-order valence-corrected chi connectivity index (χ2v) is 2.37. The highest BCUT2D eigenvalue weighted by molar-refractivity contribution is 7.67. The molecule has 0 saturated heterocycles. The van der Waals surface area contributed by atoms with Crippen molar-refractivity contribution in [2.75, 3.05) is 0 Å². The summed E-state index contributed by atoms with van der Waals surface area (Å²) >= 11 is 10.2. The van der Waals surface area contributed by atoms with E-state index in [1.54, 1.807) is 0 Å². The van der Waals surface area contributed by atoms with Gasteiger partial charge >= 0.3 is 0 Å². The van der Waals surface area contributed by atoms with Gasteiger partial charge < -0.3 is 0 Å². The molecular formula is H2Cl2N4OP2. The summed E-state index contributed by atoms with van der Waals surface area (Å²) in [6, 6.07) is 0. The lowest BCUT2D eigenvalue weighted by Crippen LogP contribution is -1.56. The first-order chi connectivity index (χ1) is 4.41. The Balaban J connectivity index is 3.08. The molecule has 52 valence electrons. The molecule has 0 saturated carbocycles. The number of nitrogens with zero attached hydrogens (tertiary/aromatic N) is 4. The SMILES string of the molecule is ClPN=NON=NPCl. The van der Waals surface area contributed by atoms with Gasteiger partial charge in [-0.25, -0.2) is 4.94 Å². The minimum Gasteiger partial charge on any atom is -0.204 e. The van der Waals surface area contributed by atoms with Crippen molar-refractivity contribution in [3.8, 4) is 0 Å². The van der Waals surface area contributed by atoms with Gasteiger partial charge in [0, 0.05) is 0 Å². The molecule has 0 aliphatic rings. The average molecular weight is 207 g/mol. The van der Waals surface area contributed by atoms with Crippen LogP contribution >= 0.6 is 38.6 Å². The summed E-state index contributed by atoms with van der Waals surface area (Å²) in [5, 5.41) is 6.04. The molecule has 0 aromatic heterocycles. The lowest BCUT2D eigenvalue weighted by Gasteiger charge is -1.77. The molecule has 0 bridgehead atoms. The third-order valence-electron chi connectivity index (χ3n) is 0.230. The molecule has 0 N–H and O–H groups in total. The second-order valence-electron chi connectivity index (χ2n) is 0.614. The molecule has 0 aromatic carbocycles. The van der Waals surface area contributed by atoms with Crippen LogP contribution in [0.4, 0.5) is 0 Å². The fourth-order valence-corrected chi connectivity index (χ4v) is 0.404. The molecule has 9 heavy (non-hydrogen) atoms. The van der Waals surface area contributed by atoms with E-state index in [9.17, 15) is 0 Å². The number of rotatable bonds is 4. The zero-order chi connectivity index (χ0) is 6.95. The first-order valence-corrected chi connectivity index (χ1v) is 5.51. The number of halogens is 2. The molecule has 0 heterocycles. The Kier molecular flexibility index (Phi) is 8.85. The molecule has 2 unspecified atom stereocenters. The van der Waals surface area contributed by atoms with E-state index in [1.165, 1.54) is 0 Å². The van der Waals surface area contributed by atoms with Crippen LogP contribution in [0.2, 0.25) is 0 Å². The minimum atomic E-state index is -0.157. The zero-order valence-corrected chi connectivity index (χ0v) is 7.46. The first-order valence-electron chi connectivity index (χ1n) is 1.59. The molecule has 0 fully saturated rings. The van der Waals surface area contributed by atoms with Crippen molar-refractivity contribution in [3.63, 3.8) is 0 Å². The Bertz CT molecular complexity index is 92.7. The fraction of sp³-hybridized carbons (Fsp3) is 0. The first kappa shape index (κ1) is 9.44. The van der Waals surface area contributed by atoms with Crippen molar-refractivity contribution < 1.29 is 4.94 Å². The van der Waals surface area contributed by atoms with Gasteiger partial charge in [0.15, 0.2) is 0 Å². The Labute approximate surface area is 64.4 Å². The van der Waals surface area contributed by atoms with E-state index in [4.69, 9.17) is 22.5 Å². The highest BCUT2D eigenvalue weighted by atomic mass is 35.7. The monoisotopic (exact) mass is 206 g/mol. The van der Waals surface area contributed by atoms with Crippen LogP contribution in [0, 0.1) is 0 Å². The van der Waals surface area contributed by atoms with E-state index in [1.807, 2.05) is 0 Å². The highest BCUT2D eigenvalue weighted by Gasteiger charge is 1.71. The second kappa shape index (κ2) is 8.44. The predicted octanol–water partition coefficient (Wildman–Crippen LogP) is 3.23. The maximum absolute atomic E-state index is 5.11. The van der Waals surface area contributed by atoms with Gasteiger partial charge in [-0.15, -0.1) is 9.77 Å². The highest BCUT2D eigenvalue weighted by Crippen LogP contribution is 2.19. The van der Waals surface area contributed by atoms with Crippen LogP contribution in [-0.2, 0) is 4.94 Å². The standard InChI is InChI=1S/Cl2H2N4OP2/c1-8-5-3-7-4-6-9-2/h8-9H. The Hall–Kier alpha value is 0.440. The molecule has 0 rings (SSSR count). The Morgan fingerprint density at radius 3 is 1.78 bits per heavy atom. The van der Waals surface area contributed by atoms with Crippen LogP contribution < -0.4 is 0 Å². The van der Waals surface area contributed by atoms with E-state index in [0.717, 1.165) is 0 Å². The molecule has 0 aliphatic carbocycles. The topological polar surface area (TPSA) is 58.7 Å². The number of hydrogen-bond acceptors (Lipinski definition) is 5.